The van der Waals surface area contributed by atoms with Gasteiger partial charge in [-0.2, -0.15) is 5.26 Å². The highest BCUT2D eigenvalue weighted by Crippen LogP contribution is 2.02. The van der Waals surface area contributed by atoms with Crippen molar-refractivity contribution in [3.05, 3.63) is 36.1 Å². The van der Waals surface area contributed by atoms with Crippen molar-refractivity contribution in [3.63, 3.8) is 0 Å². The van der Waals surface area contributed by atoms with Crippen molar-refractivity contribution in [1.82, 2.24) is 5.32 Å². The van der Waals surface area contributed by atoms with Gasteiger partial charge in [-0.1, -0.05) is 32.6 Å². The Morgan fingerprint density at radius 1 is 1.47 bits per heavy atom. The molecule has 0 heterocycles. The number of allylic oxidation sites excluding steroid dienone is 4. The fourth-order valence-corrected chi connectivity index (χ4v) is 0.798. The molecule has 0 bridgehead atoms. The van der Waals surface area contributed by atoms with Gasteiger partial charge in [-0.15, -0.1) is 0 Å². The molecule has 0 saturated heterocycles. The number of nitriles is 1. The summed E-state index contributed by atoms with van der Waals surface area (Å²) in [7, 11) is 0. The zero-order valence-electron chi connectivity index (χ0n) is 10.3. The van der Waals surface area contributed by atoms with E-state index < -0.39 is 0 Å². The van der Waals surface area contributed by atoms with Gasteiger partial charge in [0.25, 0.3) is 0 Å². The second-order valence-electron chi connectivity index (χ2n) is 2.72. The van der Waals surface area contributed by atoms with Crippen LogP contribution in [0.15, 0.2) is 36.1 Å². The van der Waals surface area contributed by atoms with Crippen molar-refractivity contribution >= 4 is 0 Å². The third-order valence-corrected chi connectivity index (χ3v) is 1.47. The van der Waals surface area contributed by atoms with E-state index in [-0.39, 0.29) is 0 Å². The number of nitrogens with zero attached hydrogens (tertiary/aromatic N) is 1. The molecule has 0 aliphatic carbocycles. The number of rotatable bonds is 5. The Bertz CT molecular complexity index is 254. The van der Waals surface area contributed by atoms with Crippen LogP contribution in [0, 0.1) is 11.3 Å². The maximum atomic E-state index is 8.35. The summed E-state index contributed by atoms with van der Waals surface area (Å²) in [6, 6.07) is 2.08. The Hall–Kier alpha value is -1.49. The van der Waals surface area contributed by atoms with Crippen molar-refractivity contribution in [2.45, 2.75) is 34.1 Å². The first-order valence-corrected chi connectivity index (χ1v) is 5.32. The largest absolute Gasteiger partial charge is 0.384 e. The number of hydrogen-bond donors (Lipinski definition) is 1. The van der Waals surface area contributed by atoms with Crippen molar-refractivity contribution in [1.29, 1.82) is 5.26 Å². The van der Waals surface area contributed by atoms with Gasteiger partial charge in [0.2, 0.25) is 0 Å². The van der Waals surface area contributed by atoms with Crippen LogP contribution >= 0.6 is 0 Å². The molecule has 2 heteroatoms. The van der Waals surface area contributed by atoms with Crippen LogP contribution in [0.1, 0.15) is 34.1 Å². The molecule has 0 aliphatic rings. The molecule has 0 unspecified atom stereocenters. The van der Waals surface area contributed by atoms with E-state index in [4.69, 9.17) is 5.26 Å². The van der Waals surface area contributed by atoms with Gasteiger partial charge >= 0.3 is 0 Å². The molecule has 0 fully saturated rings. The minimum absolute atomic E-state index is 0.514. The van der Waals surface area contributed by atoms with Crippen molar-refractivity contribution in [2.24, 2.45) is 0 Å². The average Bonchev–Trinajstić information content (AvgIpc) is 2.25. The lowest BCUT2D eigenvalue weighted by atomic mass is 10.2. The fraction of sp³-hybridized carbons (Fsp3) is 0.462. The first kappa shape index (κ1) is 16.0. The maximum Gasteiger partial charge on any atom is 0.0640 e. The van der Waals surface area contributed by atoms with Crippen LogP contribution in [0.4, 0.5) is 0 Å². The van der Waals surface area contributed by atoms with Crippen LogP contribution in [0.5, 0.6) is 0 Å². The van der Waals surface area contributed by atoms with Gasteiger partial charge in [0, 0.05) is 12.2 Å². The summed E-state index contributed by atoms with van der Waals surface area (Å²) in [4.78, 5) is 0. The zero-order chi connectivity index (χ0) is 12.1. The molecule has 0 saturated carbocycles. The van der Waals surface area contributed by atoms with Crippen LogP contribution in [-0.4, -0.2) is 6.54 Å². The third-order valence-electron chi connectivity index (χ3n) is 1.47. The van der Waals surface area contributed by atoms with Crippen LogP contribution in [0.3, 0.4) is 0 Å². The highest BCUT2D eigenvalue weighted by molar-refractivity contribution is 5.28. The van der Waals surface area contributed by atoms with Crippen LogP contribution in [0.25, 0.3) is 0 Å². The molecule has 0 aromatic carbocycles. The average molecular weight is 206 g/mol. The molecule has 0 rings (SSSR count). The molecule has 84 valence electrons. The summed E-state index contributed by atoms with van der Waals surface area (Å²) in [6.45, 7) is 12.4. The zero-order valence-corrected chi connectivity index (χ0v) is 10.3. The van der Waals surface area contributed by atoms with Gasteiger partial charge in [-0.3, -0.25) is 0 Å². The van der Waals surface area contributed by atoms with E-state index in [1.54, 1.807) is 0 Å². The summed E-state index contributed by atoms with van der Waals surface area (Å²) in [5.41, 5.74) is 1.98. The molecule has 0 spiro atoms. The van der Waals surface area contributed by atoms with Gasteiger partial charge in [-0.25, -0.2) is 0 Å². The van der Waals surface area contributed by atoms with E-state index >= 15 is 0 Å². The maximum absolute atomic E-state index is 8.35. The Balaban J connectivity index is 0. The standard InChI is InChI=1S/C11H16N2.C2H6/c1-4-5-7-11(10(2)3)13-9-6-8-12;1-2/h4-5,7,13H,2,6,9H2,1,3H3;1-2H3/b5-4-,11-7+;. The Kier molecular flexibility index (Phi) is 13.3. The predicted molar refractivity (Wildman–Crippen MR) is 67.3 cm³/mol. The lowest BCUT2D eigenvalue weighted by Gasteiger charge is -2.07. The monoisotopic (exact) mass is 206 g/mol. The van der Waals surface area contributed by atoms with E-state index in [2.05, 4.69) is 18.0 Å². The Morgan fingerprint density at radius 3 is 2.47 bits per heavy atom. The van der Waals surface area contributed by atoms with Crippen LogP contribution in [-0.2, 0) is 0 Å². The van der Waals surface area contributed by atoms with E-state index in [0.29, 0.717) is 13.0 Å². The predicted octanol–water partition coefficient (Wildman–Crippen LogP) is 3.55. The number of hydrogen-bond acceptors (Lipinski definition) is 2. The van der Waals surface area contributed by atoms with Gasteiger partial charge < -0.3 is 5.32 Å². The second-order valence-corrected chi connectivity index (χ2v) is 2.72. The molecule has 0 aliphatic heterocycles. The molecule has 1 N–H and O–H groups in total. The topological polar surface area (TPSA) is 35.8 Å². The first-order chi connectivity index (χ1) is 7.22. The lowest BCUT2D eigenvalue weighted by molar-refractivity contribution is 0.816. The van der Waals surface area contributed by atoms with E-state index in [1.165, 1.54) is 0 Å². The van der Waals surface area contributed by atoms with Crippen LogP contribution < -0.4 is 5.32 Å². The first-order valence-electron chi connectivity index (χ1n) is 5.32. The normalized spacial score (nSPS) is 10.2. The van der Waals surface area contributed by atoms with E-state index in [0.717, 1.165) is 11.3 Å². The molecule has 0 aromatic rings. The summed E-state index contributed by atoms with van der Waals surface area (Å²) in [5, 5.41) is 11.5. The van der Waals surface area contributed by atoms with Crippen molar-refractivity contribution in [3.8, 4) is 6.07 Å². The second kappa shape index (κ2) is 12.5. The Morgan fingerprint density at radius 2 is 2.07 bits per heavy atom. The molecular formula is C13H22N2. The number of nitrogens with one attached hydrogen (secondary N) is 1. The molecule has 0 radical (unpaired) electrons. The van der Waals surface area contributed by atoms with Gasteiger partial charge in [0.15, 0.2) is 0 Å². The SMILES string of the molecule is C=C(C)/C(=C\C=C/C)NCCC#N.CC. The van der Waals surface area contributed by atoms with Gasteiger partial charge in [0.05, 0.1) is 12.5 Å². The Labute approximate surface area is 94.0 Å². The summed E-state index contributed by atoms with van der Waals surface area (Å²) >= 11 is 0. The fourth-order valence-electron chi connectivity index (χ4n) is 0.798. The molecule has 0 atom stereocenters. The van der Waals surface area contributed by atoms with Gasteiger partial charge in [-0.05, 0) is 25.5 Å². The molecule has 0 amide bonds. The summed E-state index contributed by atoms with van der Waals surface area (Å²) in [6.07, 6.45) is 6.37. The highest BCUT2D eigenvalue weighted by Gasteiger charge is 1.94. The molecule has 2 nitrogen and oxygen atoms in total. The highest BCUT2D eigenvalue weighted by atomic mass is 14.9. The third kappa shape index (κ3) is 10.4. The summed E-state index contributed by atoms with van der Waals surface area (Å²) in [5.74, 6) is 0. The minimum atomic E-state index is 0.514. The van der Waals surface area contributed by atoms with E-state index in [9.17, 15) is 0 Å². The van der Waals surface area contributed by atoms with Crippen molar-refractivity contribution < 1.29 is 0 Å². The van der Waals surface area contributed by atoms with Crippen molar-refractivity contribution in [2.75, 3.05) is 6.54 Å². The molecule has 15 heavy (non-hydrogen) atoms. The lowest BCUT2D eigenvalue weighted by Crippen LogP contribution is -2.14. The minimum Gasteiger partial charge on any atom is -0.384 e. The quantitative estimate of drug-likeness (QED) is 0.551. The molecular weight excluding hydrogens is 184 g/mol. The summed E-state index contributed by atoms with van der Waals surface area (Å²) < 4.78 is 0. The smallest absolute Gasteiger partial charge is 0.0640 e. The van der Waals surface area contributed by atoms with E-state index in [1.807, 2.05) is 45.9 Å². The molecule has 0 aromatic heterocycles. The van der Waals surface area contributed by atoms with Crippen LogP contribution in [0.2, 0.25) is 0 Å². The van der Waals surface area contributed by atoms with Gasteiger partial charge in [0.1, 0.15) is 0 Å².